The minimum atomic E-state index is -4.70. The fourth-order valence-electron chi connectivity index (χ4n) is 2.68. The number of likely N-dealkylation sites (N-methyl/N-ethyl adjacent to an activating group) is 1. The first-order valence-electron chi connectivity index (χ1n) is 8.64. The van der Waals surface area contributed by atoms with Crippen LogP contribution in [0.2, 0.25) is 0 Å². The Bertz CT molecular complexity index is 858. The van der Waals surface area contributed by atoms with E-state index in [9.17, 15) is 22.8 Å². The molecule has 0 bridgehead atoms. The molecule has 0 atom stereocenters. The average molecular weight is 396 g/mol. The van der Waals surface area contributed by atoms with E-state index in [1.807, 2.05) is 0 Å². The Hall–Kier alpha value is -2.75. The molecule has 0 spiro atoms. The first kappa shape index (κ1) is 20.0. The van der Waals surface area contributed by atoms with Gasteiger partial charge in [-0.3, -0.25) is 9.59 Å². The number of benzene rings is 1. The quantitative estimate of drug-likeness (QED) is 0.669. The molecule has 1 aliphatic rings. The van der Waals surface area contributed by atoms with Crippen molar-refractivity contribution >= 4 is 11.7 Å². The van der Waals surface area contributed by atoms with Crippen molar-refractivity contribution in [2.24, 2.45) is 0 Å². The van der Waals surface area contributed by atoms with E-state index < -0.39 is 23.8 Å². The molecule has 3 rings (SSSR count). The van der Waals surface area contributed by atoms with Crippen LogP contribution in [0.3, 0.4) is 0 Å². The number of hydrogen-bond donors (Lipinski definition) is 0. The zero-order valence-electron chi connectivity index (χ0n) is 15.4. The van der Waals surface area contributed by atoms with Crippen molar-refractivity contribution in [1.82, 2.24) is 19.9 Å². The molecule has 2 aromatic rings. The smallest absolute Gasteiger partial charge is 0.329 e. The van der Waals surface area contributed by atoms with E-state index in [2.05, 4.69) is 14.7 Å². The maximum Gasteiger partial charge on any atom is 0.471 e. The van der Waals surface area contributed by atoms with Crippen molar-refractivity contribution in [2.75, 3.05) is 20.6 Å². The van der Waals surface area contributed by atoms with Crippen LogP contribution >= 0.6 is 0 Å². The second kappa shape index (κ2) is 7.70. The highest BCUT2D eigenvalue weighted by atomic mass is 19.4. The Balaban J connectivity index is 1.71. The van der Waals surface area contributed by atoms with Crippen molar-refractivity contribution in [2.45, 2.75) is 31.6 Å². The molecule has 0 aliphatic heterocycles. The second-order valence-corrected chi connectivity index (χ2v) is 6.94. The summed E-state index contributed by atoms with van der Waals surface area (Å²) in [6.07, 6.45) is -3.00. The van der Waals surface area contributed by atoms with Crippen LogP contribution in [0.4, 0.5) is 13.2 Å². The summed E-state index contributed by atoms with van der Waals surface area (Å²) in [6, 6.07) is 6.48. The van der Waals surface area contributed by atoms with Crippen LogP contribution in [0.5, 0.6) is 0 Å². The lowest BCUT2D eigenvalue weighted by molar-refractivity contribution is -0.159. The van der Waals surface area contributed by atoms with Gasteiger partial charge in [-0.1, -0.05) is 29.4 Å². The lowest BCUT2D eigenvalue weighted by atomic mass is 10.1. The van der Waals surface area contributed by atoms with Gasteiger partial charge in [0, 0.05) is 18.2 Å². The number of halogens is 3. The summed E-state index contributed by atoms with van der Waals surface area (Å²) in [5.41, 5.74) is 1.11. The van der Waals surface area contributed by atoms with E-state index in [-0.39, 0.29) is 25.0 Å². The minimum absolute atomic E-state index is 0.0420. The summed E-state index contributed by atoms with van der Waals surface area (Å²) in [5.74, 6) is -2.57. The van der Waals surface area contributed by atoms with E-state index in [0.717, 1.165) is 18.4 Å². The number of Topliss-reactive ketones (excluding diaryl/α,β-unsaturated/α-hetero) is 1. The lowest BCUT2D eigenvalue weighted by Crippen LogP contribution is -2.41. The molecular formula is C18H19F3N4O3. The summed E-state index contributed by atoms with van der Waals surface area (Å²) < 4.78 is 41.9. The maximum absolute atomic E-state index is 12.6. The van der Waals surface area contributed by atoms with Gasteiger partial charge < -0.3 is 14.3 Å². The molecule has 10 heteroatoms. The van der Waals surface area contributed by atoms with Gasteiger partial charge in [-0.25, -0.2) is 0 Å². The molecule has 0 unspecified atom stereocenters. The van der Waals surface area contributed by atoms with Crippen LogP contribution in [0, 0.1) is 0 Å². The molecule has 1 heterocycles. The number of hydrogen-bond acceptors (Lipinski definition) is 6. The molecule has 0 N–H and O–H groups in total. The first-order valence-corrected chi connectivity index (χ1v) is 8.64. The topological polar surface area (TPSA) is 79.5 Å². The van der Waals surface area contributed by atoms with Crippen LogP contribution in [0.15, 0.2) is 28.8 Å². The molecule has 7 nitrogen and oxygen atoms in total. The fraction of sp³-hybridized carbons (Fsp3) is 0.444. The van der Waals surface area contributed by atoms with Crippen LogP contribution in [0.1, 0.15) is 24.3 Å². The van der Waals surface area contributed by atoms with Gasteiger partial charge in [-0.05, 0) is 32.5 Å². The Labute approximate surface area is 159 Å². The van der Waals surface area contributed by atoms with E-state index in [1.54, 1.807) is 48.2 Å². The highest BCUT2D eigenvalue weighted by Crippen LogP contribution is 2.30. The largest absolute Gasteiger partial charge is 0.471 e. The number of amides is 1. The minimum Gasteiger partial charge on any atom is -0.329 e. The molecule has 28 heavy (non-hydrogen) atoms. The average Bonchev–Trinajstić information content (AvgIpc) is 3.33. The Morgan fingerprint density at radius 1 is 1.18 bits per heavy atom. The normalized spacial score (nSPS) is 14.4. The van der Waals surface area contributed by atoms with Gasteiger partial charge in [0.15, 0.2) is 0 Å². The standard InChI is InChI=1S/C18H19F3N4O3/c1-24(2)10-14(26)16(27)25(13-7-8-13)9-11-3-5-12(6-4-11)15-22-17(28-23-15)18(19,20)21/h3-6,13H,7-10H2,1-2H3. The van der Waals surface area contributed by atoms with Gasteiger partial charge in [0.2, 0.25) is 11.6 Å². The second-order valence-electron chi connectivity index (χ2n) is 6.94. The summed E-state index contributed by atoms with van der Waals surface area (Å²) in [4.78, 5) is 31.1. The third kappa shape index (κ3) is 4.75. The van der Waals surface area contributed by atoms with Gasteiger partial charge in [0.05, 0.1) is 6.54 Å². The van der Waals surface area contributed by atoms with Crippen molar-refractivity contribution in [3.05, 3.63) is 35.7 Å². The third-order valence-corrected chi connectivity index (χ3v) is 4.18. The number of ketones is 1. The van der Waals surface area contributed by atoms with Gasteiger partial charge in [-0.15, -0.1) is 0 Å². The van der Waals surface area contributed by atoms with Crippen molar-refractivity contribution in [3.8, 4) is 11.4 Å². The van der Waals surface area contributed by atoms with Crippen molar-refractivity contribution in [1.29, 1.82) is 0 Å². The Kier molecular flexibility index (Phi) is 5.50. The SMILES string of the molecule is CN(C)CC(=O)C(=O)N(Cc1ccc(-c2noc(C(F)(F)F)n2)cc1)C1CC1. The van der Waals surface area contributed by atoms with E-state index >= 15 is 0 Å². The number of nitrogens with zero attached hydrogens (tertiary/aromatic N) is 4. The summed E-state index contributed by atoms with van der Waals surface area (Å²) in [6.45, 7) is 0.295. The molecule has 1 amide bonds. The molecule has 1 fully saturated rings. The highest BCUT2D eigenvalue weighted by Gasteiger charge is 2.38. The molecule has 0 saturated heterocycles. The summed E-state index contributed by atoms with van der Waals surface area (Å²) in [7, 11) is 3.43. The number of alkyl halides is 3. The Morgan fingerprint density at radius 3 is 2.32 bits per heavy atom. The van der Waals surface area contributed by atoms with E-state index in [1.165, 1.54) is 0 Å². The van der Waals surface area contributed by atoms with Crippen molar-refractivity contribution < 1.29 is 27.3 Å². The number of carbonyl (C=O) groups is 2. The van der Waals surface area contributed by atoms with Gasteiger partial charge in [-0.2, -0.15) is 18.2 Å². The molecule has 1 aromatic heterocycles. The predicted octanol–water partition coefficient (Wildman–Crippen LogP) is 2.38. The molecule has 0 radical (unpaired) electrons. The number of rotatable bonds is 7. The summed E-state index contributed by atoms with van der Waals surface area (Å²) >= 11 is 0. The highest BCUT2D eigenvalue weighted by molar-refractivity contribution is 6.37. The molecule has 1 saturated carbocycles. The van der Waals surface area contributed by atoms with Gasteiger partial charge in [0.25, 0.3) is 5.91 Å². The lowest BCUT2D eigenvalue weighted by Gasteiger charge is -2.22. The van der Waals surface area contributed by atoms with E-state index in [0.29, 0.717) is 5.56 Å². The van der Waals surface area contributed by atoms with Crippen LogP contribution in [0.25, 0.3) is 11.4 Å². The van der Waals surface area contributed by atoms with Gasteiger partial charge in [0.1, 0.15) is 0 Å². The molecule has 1 aliphatic carbocycles. The monoisotopic (exact) mass is 396 g/mol. The van der Waals surface area contributed by atoms with Crippen LogP contribution in [-0.4, -0.2) is 58.3 Å². The Morgan fingerprint density at radius 2 is 1.82 bits per heavy atom. The number of carbonyl (C=O) groups excluding carboxylic acids is 2. The predicted molar refractivity (Wildman–Crippen MR) is 91.9 cm³/mol. The third-order valence-electron chi connectivity index (χ3n) is 4.18. The van der Waals surface area contributed by atoms with Crippen LogP contribution in [-0.2, 0) is 22.3 Å². The molecular weight excluding hydrogens is 377 g/mol. The maximum atomic E-state index is 12.6. The molecule has 150 valence electrons. The summed E-state index contributed by atoms with van der Waals surface area (Å²) in [5, 5.41) is 3.34. The molecule has 1 aromatic carbocycles. The van der Waals surface area contributed by atoms with Crippen LogP contribution < -0.4 is 0 Å². The zero-order chi connectivity index (χ0) is 20.5. The van der Waals surface area contributed by atoms with E-state index in [4.69, 9.17) is 0 Å². The fourth-order valence-corrected chi connectivity index (χ4v) is 2.68. The number of aromatic nitrogens is 2. The van der Waals surface area contributed by atoms with Crippen molar-refractivity contribution in [3.63, 3.8) is 0 Å². The first-order chi connectivity index (χ1) is 13.1. The van der Waals surface area contributed by atoms with Gasteiger partial charge >= 0.3 is 12.1 Å². The zero-order valence-corrected chi connectivity index (χ0v) is 15.4.